The van der Waals surface area contributed by atoms with Crippen molar-refractivity contribution in [2.75, 3.05) is 33.8 Å². The van der Waals surface area contributed by atoms with Gasteiger partial charge in [0.15, 0.2) is 0 Å². The molecule has 0 bridgehead atoms. The molecule has 20 heavy (non-hydrogen) atoms. The van der Waals surface area contributed by atoms with Crippen LogP contribution in [0.25, 0.3) is 0 Å². The number of nitrogens with zero attached hydrogens (tertiary/aromatic N) is 1. The van der Waals surface area contributed by atoms with E-state index in [-0.39, 0.29) is 6.04 Å². The van der Waals surface area contributed by atoms with Gasteiger partial charge in [-0.1, -0.05) is 18.2 Å². The van der Waals surface area contributed by atoms with Crippen molar-refractivity contribution in [2.45, 2.75) is 32.1 Å². The first-order valence-corrected chi connectivity index (χ1v) is 7.32. The van der Waals surface area contributed by atoms with Gasteiger partial charge in [0.1, 0.15) is 5.75 Å². The summed E-state index contributed by atoms with van der Waals surface area (Å²) >= 11 is 0. The molecule has 1 aromatic carbocycles. The summed E-state index contributed by atoms with van der Waals surface area (Å²) < 4.78 is 11.3. The average molecular weight is 278 g/mol. The van der Waals surface area contributed by atoms with Crippen molar-refractivity contribution in [3.8, 4) is 5.75 Å². The monoisotopic (exact) mass is 278 g/mol. The van der Waals surface area contributed by atoms with Crippen LogP contribution in [0.15, 0.2) is 24.3 Å². The predicted octanol–water partition coefficient (Wildman–Crippen LogP) is 2.06. The number of para-hydroxylation sites is 1. The lowest BCUT2D eigenvalue weighted by molar-refractivity contribution is -0.0698. The van der Waals surface area contributed by atoms with Gasteiger partial charge < -0.3 is 14.8 Å². The number of methoxy groups -OCH3 is 1. The third-order valence-corrected chi connectivity index (χ3v) is 3.80. The van der Waals surface area contributed by atoms with Crippen LogP contribution in [0.3, 0.4) is 0 Å². The number of benzene rings is 1. The van der Waals surface area contributed by atoms with E-state index in [0.29, 0.717) is 12.2 Å². The summed E-state index contributed by atoms with van der Waals surface area (Å²) in [4.78, 5) is 2.46. The lowest BCUT2D eigenvalue weighted by Crippen LogP contribution is -2.48. The number of likely N-dealkylation sites (N-methyl/N-ethyl adjacent to an activating group) is 1. The Bertz CT molecular complexity index is 415. The highest BCUT2D eigenvalue weighted by Crippen LogP contribution is 2.26. The molecule has 0 amide bonds. The highest BCUT2D eigenvalue weighted by molar-refractivity contribution is 5.36. The maximum Gasteiger partial charge on any atom is 0.123 e. The van der Waals surface area contributed by atoms with Gasteiger partial charge in [-0.2, -0.15) is 0 Å². The second kappa shape index (κ2) is 7.07. The molecule has 0 aliphatic carbocycles. The van der Waals surface area contributed by atoms with Gasteiger partial charge in [-0.05, 0) is 27.0 Å². The smallest absolute Gasteiger partial charge is 0.123 e. The molecule has 0 saturated carbocycles. The molecule has 1 N–H and O–H groups in total. The molecule has 2 rings (SSSR count). The summed E-state index contributed by atoms with van der Waals surface area (Å²) in [7, 11) is 3.73. The van der Waals surface area contributed by atoms with Crippen molar-refractivity contribution in [2.24, 2.45) is 0 Å². The average Bonchev–Trinajstić information content (AvgIpc) is 2.43. The Balaban J connectivity index is 2.08. The van der Waals surface area contributed by atoms with Crippen molar-refractivity contribution in [1.29, 1.82) is 0 Å². The van der Waals surface area contributed by atoms with E-state index in [1.807, 2.05) is 19.2 Å². The molecule has 1 saturated heterocycles. The molecule has 0 aromatic heterocycles. The van der Waals surface area contributed by atoms with Gasteiger partial charge in [-0.25, -0.2) is 0 Å². The van der Waals surface area contributed by atoms with Crippen LogP contribution in [-0.4, -0.2) is 50.9 Å². The minimum Gasteiger partial charge on any atom is -0.496 e. The fourth-order valence-electron chi connectivity index (χ4n) is 2.99. The summed E-state index contributed by atoms with van der Waals surface area (Å²) in [5.74, 6) is 0.946. The van der Waals surface area contributed by atoms with Crippen molar-refractivity contribution in [3.05, 3.63) is 29.8 Å². The molecule has 1 aliphatic rings. The number of rotatable bonds is 5. The first-order chi connectivity index (χ1) is 9.63. The van der Waals surface area contributed by atoms with Crippen LogP contribution in [0.5, 0.6) is 5.75 Å². The molecule has 1 fully saturated rings. The molecular formula is C16H26N2O2. The van der Waals surface area contributed by atoms with E-state index < -0.39 is 0 Å². The number of morpholine rings is 1. The van der Waals surface area contributed by atoms with E-state index in [4.69, 9.17) is 9.47 Å². The van der Waals surface area contributed by atoms with Crippen molar-refractivity contribution in [3.63, 3.8) is 0 Å². The third kappa shape index (κ3) is 3.72. The predicted molar refractivity (Wildman–Crippen MR) is 81.2 cm³/mol. The van der Waals surface area contributed by atoms with Gasteiger partial charge in [-0.3, -0.25) is 4.90 Å². The van der Waals surface area contributed by atoms with Crippen LogP contribution in [-0.2, 0) is 4.74 Å². The molecule has 4 nitrogen and oxygen atoms in total. The van der Waals surface area contributed by atoms with Gasteiger partial charge >= 0.3 is 0 Å². The molecule has 1 heterocycles. The molecule has 112 valence electrons. The molecule has 1 unspecified atom stereocenters. The van der Waals surface area contributed by atoms with Crippen LogP contribution < -0.4 is 10.1 Å². The van der Waals surface area contributed by atoms with Crippen LogP contribution in [0, 0.1) is 0 Å². The van der Waals surface area contributed by atoms with Gasteiger partial charge in [-0.15, -0.1) is 0 Å². The number of ether oxygens (including phenoxy) is 2. The Kier molecular flexibility index (Phi) is 5.40. The maximum atomic E-state index is 5.80. The van der Waals surface area contributed by atoms with E-state index >= 15 is 0 Å². The Morgan fingerprint density at radius 1 is 1.30 bits per heavy atom. The number of hydrogen-bond donors (Lipinski definition) is 1. The van der Waals surface area contributed by atoms with E-state index in [1.54, 1.807) is 7.11 Å². The fourth-order valence-corrected chi connectivity index (χ4v) is 2.99. The Morgan fingerprint density at radius 3 is 2.55 bits per heavy atom. The van der Waals surface area contributed by atoms with Gasteiger partial charge in [0.05, 0.1) is 19.3 Å². The molecule has 1 aromatic rings. The quantitative estimate of drug-likeness (QED) is 0.894. The van der Waals surface area contributed by atoms with Crippen LogP contribution in [0.2, 0.25) is 0 Å². The molecule has 4 heteroatoms. The molecular weight excluding hydrogens is 252 g/mol. The Hall–Kier alpha value is -1.10. The second-order valence-corrected chi connectivity index (χ2v) is 5.56. The lowest BCUT2D eigenvalue weighted by atomic mass is 10.0. The zero-order valence-electron chi connectivity index (χ0n) is 12.9. The van der Waals surface area contributed by atoms with Crippen molar-refractivity contribution in [1.82, 2.24) is 10.2 Å². The molecule has 0 radical (unpaired) electrons. The molecule has 1 aliphatic heterocycles. The number of hydrogen-bond acceptors (Lipinski definition) is 4. The van der Waals surface area contributed by atoms with Crippen LogP contribution in [0.1, 0.15) is 25.5 Å². The maximum absolute atomic E-state index is 5.80. The van der Waals surface area contributed by atoms with Gasteiger partial charge in [0, 0.05) is 31.2 Å². The minimum absolute atomic E-state index is 0.267. The first kappa shape index (κ1) is 15.3. The second-order valence-electron chi connectivity index (χ2n) is 5.56. The van der Waals surface area contributed by atoms with E-state index in [9.17, 15) is 0 Å². The summed E-state index contributed by atoms with van der Waals surface area (Å²) in [5.41, 5.74) is 1.21. The highest BCUT2D eigenvalue weighted by Gasteiger charge is 2.25. The van der Waals surface area contributed by atoms with Crippen LogP contribution >= 0.6 is 0 Å². The molecule has 3 atom stereocenters. The Morgan fingerprint density at radius 2 is 1.95 bits per heavy atom. The Labute approximate surface area is 122 Å². The van der Waals surface area contributed by atoms with E-state index in [0.717, 1.165) is 25.4 Å². The standard InChI is InChI=1S/C16H26N2O2/c1-12-9-18(10-13(2)20-12)11-15(17-3)14-7-5-6-8-16(14)19-4/h5-8,12-13,15,17H,9-11H2,1-4H3/t12-,13+,15?. The van der Waals surface area contributed by atoms with E-state index in [2.05, 4.69) is 36.2 Å². The summed E-state index contributed by atoms with van der Waals surface area (Å²) in [6.07, 6.45) is 0.600. The zero-order valence-corrected chi connectivity index (χ0v) is 12.9. The van der Waals surface area contributed by atoms with Crippen molar-refractivity contribution < 1.29 is 9.47 Å². The normalized spacial score (nSPS) is 25.4. The topological polar surface area (TPSA) is 33.7 Å². The number of nitrogens with one attached hydrogen (secondary N) is 1. The molecule has 0 spiro atoms. The highest BCUT2D eigenvalue weighted by atomic mass is 16.5. The van der Waals surface area contributed by atoms with E-state index in [1.165, 1.54) is 5.56 Å². The van der Waals surface area contributed by atoms with Gasteiger partial charge in [0.25, 0.3) is 0 Å². The summed E-state index contributed by atoms with van der Waals surface area (Å²) in [6, 6.07) is 8.49. The largest absolute Gasteiger partial charge is 0.496 e. The lowest BCUT2D eigenvalue weighted by Gasteiger charge is -2.37. The van der Waals surface area contributed by atoms with Crippen molar-refractivity contribution >= 4 is 0 Å². The zero-order chi connectivity index (χ0) is 14.5. The third-order valence-electron chi connectivity index (χ3n) is 3.80. The SMILES string of the molecule is CNC(CN1C[C@@H](C)O[C@@H](C)C1)c1ccccc1OC. The minimum atomic E-state index is 0.267. The fraction of sp³-hybridized carbons (Fsp3) is 0.625. The summed E-state index contributed by atoms with van der Waals surface area (Å²) in [6.45, 7) is 7.21. The van der Waals surface area contributed by atoms with Crippen LogP contribution in [0.4, 0.5) is 0 Å². The first-order valence-electron chi connectivity index (χ1n) is 7.32. The van der Waals surface area contributed by atoms with Gasteiger partial charge in [0.2, 0.25) is 0 Å². The summed E-state index contributed by atoms with van der Waals surface area (Å²) in [5, 5.41) is 3.41.